The number of aromatic nitrogens is 4. The quantitative estimate of drug-likeness (QED) is 0.615. The lowest BCUT2D eigenvalue weighted by atomic mass is 10.1. The average molecular weight is 447 g/mol. The molecule has 0 unspecified atom stereocenters. The minimum atomic E-state index is 0.0937. The van der Waals surface area contributed by atoms with Gasteiger partial charge in [0.1, 0.15) is 11.5 Å². The number of hydrogen-bond acceptors (Lipinski definition) is 4. The molecule has 33 heavy (non-hydrogen) atoms. The number of benzene rings is 1. The molecule has 0 atom stereocenters. The van der Waals surface area contributed by atoms with E-state index in [1.165, 1.54) is 17.7 Å². The summed E-state index contributed by atoms with van der Waals surface area (Å²) in [5.41, 5.74) is 6.52. The highest BCUT2D eigenvalue weighted by atomic mass is 16.2. The zero-order valence-corrected chi connectivity index (χ0v) is 20.0. The smallest absolute Gasteiger partial charge is 0.274 e. The van der Waals surface area contributed by atoms with Crippen molar-refractivity contribution in [2.75, 3.05) is 26.2 Å². The predicted molar refractivity (Wildman–Crippen MR) is 129 cm³/mol. The molecule has 1 amide bonds. The third-order valence-corrected chi connectivity index (χ3v) is 7.30. The number of aryl methyl sites for hydroxylation is 2. The van der Waals surface area contributed by atoms with Crippen LogP contribution < -0.4 is 0 Å². The molecule has 7 nitrogen and oxygen atoms in total. The van der Waals surface area contributed by atoms with E-state index in [1.807, 2.05) is 34.8 Å². The largest absolute Gasteiger partial charge is 0.335 e. The van der Waals surface area contributed by atoms with Crippen molar-refractivity contribution in [1.82, 2.24) is 29.1 Å². The average Bonchev–Trinajstić information content (AvgIpc) is 3.18. The van der Waals surface area contributed by atoms with Crippen LogP contribution in [-0.4, -0.2) is 61.2 Å². The number of hydrogen-bond donors (Lipinski definition) is 0. The van der Waals surface area contributed by atoms with Crippen molar-refractivity contribution in [1.29, 1.82) is 0 Å². The summed E-state index contributed by atoms with van der Waals surface area (Å²) in [4.78, 5) is 23.0. The summed E-state index contributed by atoms with van der Waals surface area (Å²) < 4.78 is 4.26. The van der Waals surface area contributed by atoms with Gasteiger partial charge in [0.05, 0.1) is 11.4 Å². The van der Waals surface area contributed by atoms with Crippen LogP contribution in [0.15, 0.2) is 30.3 Å². The van der Waals surface area contributed by atoms with Crippen molar-refractivity contribution < 1.29 is 4.79 Å². The molecule has 0 bridgehead atoms. The van der Waals surface area contributed by atoms with Gasteiger partial charge in [0.2, 0.25) is 0 Å². The van der Waals surface area contributed by atoms with Crippen LogP contribution in [0.25, 0.3) is 11.4 Å². The molecule has 0 N–H and O–H groups in total. The Morgan fingerprint density at radius 3 is 2.42 bits per heavy atom. The highest BCUT2D eigenvalue weighted by molar-refractivity contribution is 5.94. The van der Waals surface area contributed by atoms with E-state index in [0.717, 1.165) is 81.3 Å². The van der Waals surface area contributed by atoms with Gasteiger partial charge in [-0.1, -0.05) is 36.8 Å². The lowest BCUT2D eigenvalue weighted by Gasteiger charge is -2.34. The van der Waals surface area contributed by atoms with Crippen molar-refractivity contribution in [3.05, 3.63) is 58.7 Å². The molecular formula is C26H34N6O. The van der Waals surface area contributed by atoms with Crippen LogP contribution in [0.4, 0.5) is 0 Å². The van der Waals surface area contributed by atoms with E-state index < -0.39 is 0 Å². The fourth-order valence-electron chi connectivity index (χ4n) is 5.23. The van der Waals surface area contributed by atoms with E-state index >= 15 is 0 Å². The van der Waals surface area contributed by atoms with Crippen LogP contribution in [0, 0.1) is 13.8 Å². The maximum Gasteiger partial charge on any atom is 0.274 e. The number of imidazole rings is 1. The molecule has 3 aromatic rings. The fourth-order valence-corrected chi connectivity index (χ4v) is 5.23. The predicted octanol–water partition coefficient (Wildman–Crippen LogP) is 3.58. The number of piperazine rings is 1. The highest BCUT2D eigenvalue weighted by Crippen LogP contribution is 2.28. The topological polar surface area (TPSA) is 59.2 Å². The zero-order chi connectivity index (χ0) is 22.9. The third-order valence-electron chi connectivity index (χ3n) is 7.30. The second-order valence-corrected chi connectivity index (χ2v) is 9.40. The van der Waals surface area contributed by atoms with Crippen LogP contribution in [0.5, 0.6) is 0 Å². The van der Waals surface area contributed by atoms with Gasteiger partial charge in [-0.3, -0.25) is 14.4 Å². The van der Waals surface area contributed by atoms with E-state index in [-0.39, 0.29) is 5.91 Å². The molecule has 2 aliphatic heterocycles. The van der Waals surface area contributed by atoms with Gasteiger partial charge < -0.3 is 9.47 Å². The molecule has 5 rings (SSSR count). The lowest BCUT2D eigenvalue weighted by molar-refractivity contribution is 0.0621. The van der Waals surface area contributed by atoms with Gasteiger partial charge in [-0.25, -0.2) is 4.98 Å². The fraction of sp³-hybridized carbons (Fsp3) is 0.500. The number of rotatable bonds is 4. The van der Waals surface area contributed by atoms with E-state index in [0.29, 0.717) is 5.69 Å². The number of carbonyl (C=O) groups is 1. The maximum absolute atomic E-state index is 13.6. The molecule has 0 spiro atoms. The lowest BCUT2D eigenvalue weighted by Crippen LogP contribution is -2.48. The monoisotopic (exact) mass is 446 g/mol. The Morgan fingerprint density at radius 1 is 0.970 bits per heavy atom. The van der Waals surface area contributed by atoms with Crippen LogP contribution in [-0.2, 0) is 26.6 Å². The van der Waals surface area contributed by atoms with Crippen LogP contribution >= 0.6 is 0 Å². The van der Waals surface area contributed by atoms with Crippen molar-refractivity contribution in [2.45, 2.75) is 52.6 Å². The van der Waals surface area contributed by atoms with Crippen LogP contribution in [0.1, 0.15) is 52.4 Å². The van der Waals surface area contributed by atoms with Gasteiger partial charge in [0, 0.05) is 63.1 Å². The zero-order valence-electron chi connectivity index (χ0n) is 20.0. The molecule has 1 saturated heterocycles. The van der Waals surface area contributed by atoms with Crippen molar-refractivity contribution in [2.24, 2.45) is 7.05 Å². The normalized spacial score (nSPS) is 17.1. The first kappa shape index (κ1) is 21.9. The standard InChI is InChI=1S/C26H34N6O/c1-19-22(20(2)29(3)28-19)18-30-14-16-31(17-15-30)26(33)24-23-12-8-5-9-13-32(23)25(27-24)21-10-6-4-7-11-21/h4,6-7,10-11H,5,8-9,12-18H2,1-3H3. The molecule has 2 aromatic heterocycles. The van der Waals surface area contributed by atoms with E-state index in [2.05, 4.69) is 40.5 Å². The number of carbonyl (C=O) groups excluding carboxylic acids is 1. The Bertz CT molecular complexity index is 1140. The first-order chi connectivity index (χ1) is 16.0. The summed E-state index contributed by atoms with van der Waals surface area (Å²) in [6.45, 7) is 9.28. The summed E-state index contributed by atoms with van der Waals surface area (Å²) in [6.07, 6.45) is 4.40. The minimum absolute atomic E-state index is 0.0937. The summed E-state index contributed by atoms with van der Waals surface area (Å²) in [5, 5.41) is 4.55. The molecule has 2 aliphatic rings. The summed E-state index contributed by atoms with van der Waals surface area (Å²) in [7, 11) is 2.00. The Hall–Kier alpha value is -2.93. The minimum Gasteiger partial charge on any atom is -0.335 e. The highest BCUT2D eigenvalue weighted by Gasteiger charge is 2.29. The first-order valence-corrected chi connectivity index (χ1v) is 12.2. The van der Waals surface area contributed by atoms with Crippen molar-refractivity contribution >= 4 is 5.91 Å². The van der Waals surface area contributed by atoms with Crippen LogP contribution in [0.3, 0.4) is 0 Å². The summed E-state index contributed by atoms with van der Waals surface area (Å²) >= 11 is 0. The molecule has 0 radical (unpaired) electrons. The third kappa shape index (κ3) is 4.22. The van der Waals surface area contributed by atoms with Crippen molar-refractivity contribution in [3.63, 3.8) is 0 Å². The van der Waals surface area contributed by atoms with Gasteiger partial charge in [-0.15, -0.1) is 0 Å². The van der Waals surface area contributed by atoms with E-state index in [4.69, 9.17) is 4.98 Å². The van der Waals surface area contributed by atoms with Crippen LogP contribution in [0.2, 0.25) is 0 Å². The van der Waals surface area contributed by atoms with Gasteiger partial charge in [0.15, 0.2) is 0 Å². The summed E-state index contributed by atoms with van der Waals surface area (Å²) in [6, 6.07) is 10.3. The van der Waals surface area contributed by atoms with E-state index in [1.54, 1.807) is 0 Å². The Labute approximate surface area is 196 Å². The molecule has 0 aliphatic carbocycles. The molecule has 1 fully saturated rings. The molecule has 1 aromatic carbocycles. The van der Waals surface area contributed by atoms with Gasteiger partial charge >= 0.3 is 0 Å². The van der Waals surface area contributed by atoms with Gasteiger partial charge in [0.25, 0.3) is 5.91 Å². The summed E-state index contributed by atoms with van der Waals surface area (Å²) in [5.74, 6) is 1.04. The van der Waals surface area contributed by atoms with Crippen molar-refractivity contribution in [3.8, 4) is 11.4 Å². The number of fused-ring (bicyclic) bond motifs is 1. The first-order valence-electron chi connectivity index (χ1n) is 12.2. The van der Waals surface area contributed by atoms with E-state index in [9.17, 15) is 4.79 Å². The Balaban J connectivity index is 1.33. The molecule has 174 valence electrons. The van der Waals surface area contributed by atoms with Gasteiger partial charge in [-0.2, -0.15) is 5.10 Å². The number of amides is 1. The SMILES string of the molecule is Cc1nn(C)c(C)c1CN1CCN(C(=O)c2nc(-c3ccccc3)n3c2CCCCC3)CC1. The Morgan fingerprint density at radius 2 is 1.73 bits per heavy atom. The molecule has 0 saturated carbocycles. The molecule has 7 heteroatoms. The second kappa shape index (κ2) is 9.14. The maximum atomic E-state index is 13.6. The Kier molecular flexibility index (Phi) is 6.06. The van der Waals surface area contributed by atoms with Gasteiger partial charge in [-0.05, 0) is 33.1 Å². The molecule has 4 heterocycles. The number of nitrogens with zero attached hydrogens (tertiary/aromatic N) is 6. The second-order valence-electron chi connectivity index (χ2n) is 9.40. The molecular weight excluding hydrogens is 412 g/mol.